The molecule has 0 amide bonds. The lowest BCUT2D eigenvalue weighted by Gasteiger charge is -2.55. The summed E-state index contributed by atoms with van der Waals surface area (Å²) < 4.78 is 8.05. The van der Waals surface area contributed by atoms with Crippen LogP contribution in [0.15, 0.2) is 0 Å². The molecular weight excluding hydrogens is 264 g/mol. The Kier molecular flexibility index (Phi) is 9.92. The molecule has 0 aliphatic rings. The first-order chi connectivity index (χ1) is 9.54. The van der Waals surface area contributed by atoms with E-state index in [9.17, 15) is 0 Å². The summed E-state index contributed by atoms with van der Waals surface area (Å²) in [7, 11) is -2.01. The van der Waals surface area contributed by atoms with Gasteiger partial charge in [-0.2, -0.15) is 0 Å². The summed E-state index contributed by atoms with van der Waals surface area (Å²) in [5.41, 5.74) is 7.01. The Morgan fingerprint density at radius 2 is 0.900 bits per heavy atom. The van der Waals surface area contributed by atoms with Crippen LogP contribution >= 0.6 is 0 Å². The third kappa shape index (κ3) is 3.63. The van der Waals surface area contributed by atoms with Crippen LogP contribution in [0.4, 0.5) is 0 Å². The molecule has 2 N–H and O–H groups in total. The Bertz CT molecular complexity index is 207. The van der Waals surface area contributed by atoms with Crippen molar-refractivity contribution >= 4 is 8.56 Å². The molecule has 1 unspecified atom stereocenters. The molecule has 0 aliphatic heterocycles. The van der Waals surface area contributed by atoms with E-state index in [0.717, 1.165) is 45.7 Å². The molecule has 122 valence electrons. The summed E-state index contributed by atoms with van der Waals surface area (Å²) in [6.45, 7) is 22.4. The van der Waals surface area contributed by atoms with Gasteiger partial charge in [0.05, 0.1) is 0 Å². The Labute approximate surface area is 128 Å². The second-order valence-electron chi connectivity index (χ2n) is 5.22. The van der Waals surface area contributed by atoms with E-state index >= 15 is 0 Å². The molecule has 0 spiro atoms. The molecule has 5 heteroatoms. The molecule has 0 aliphatic carbocycles. The predicted molar refractivity (Wildman–Crippen MR) is 92.8 cm³/mol. The quantitative estimate of drug-likeness (QED) is 0.594. The average molecular weight is 303 g/mol. The van der Waals surface area contributed by atoms with Gasteiger partial charge in [0.1, 0.15) is 0 Å². The molecule has 0 radical (unpaired) electrons. The van der Waals surface area contributed by atoms with Crippen LogP contribution in [0.25, 0.3) is 0 Å². The Morgan fingerprint density at radius 3 is 1.05 bits per heavy atom. The van der Waals surface area contributed by atoms with E-state index in [1.165, 1.54) is 0 Å². The second kappa shape index (κ2) is 9.90. The summed E-state index contributed by atoms with van der Waals surface area (Å²) in [5, 5.41) is 0. The first-order valence-corrected chi connectivity index (χ1v) is 10.5. The molecule has 0 aromatic heterocycles. The first kappa shape index (κ1) is 20.1. The Hall–Kier alpha value is 0.0569. The molecule has 0 saturated heterocycles. The molecule has 0 heterocycles. The van der Waals surface area contributed by atoms with Crippen molar-refractivity contribution in [3.05, 3.63) is 0 Å². The molecule has 0 aromatic rings. The first-order valence-electron chi connectivity index (χ1n) is 8.55. The summed E-state index contributed by atoms with van der Waals surface area (Å²) in [6.07, 6.45) is 1.05. The SMILES string of the molecule is CCC(N)[Si](N(CC)CC)(N(CC)CC)N(CC)CC. The van der Waals surface area contributed by atoms with Crippen LogP contribution in [-0.2, 0) is 0 Å². The van der Waals surface area contributed by atoms with E-state index in [0.29, 0.717) is 0 Å². The normalized spacial score (nSPS) is 14.6. The zero-order valence-electron chi connectivity index (χ0n) is 14.9. The van der Waals surface area contributed by atoms with E-state index in [-0.39, 0.29) is 5.67 Å². The molecule has 0 saturated carbocycles. The van der Waals surface area contributed by atoms with Gasteiger partial charge in [0.15, 0.2) is 0 Å². The molecule has 4 nitrogen and oxygen atoms in total. The fourth-order valence-electron chi connectivity index (χ4n) is 3.64. The van der Waals surface area contributed by atoms with Gasteiger partial charge in [-0.05, 0) is 45.7 Å². The van der Waals surface area contributed by atoms with Gasteiger partial charge >= 0.3 is 8.56 Å². The Balaban J connectivity index is 5.98. The lowest BCUT2D eigenvalue weighted by atomic mass is 10.5. The fourth-order valence-corrected chi connectivity index (χ4v) is 9.59. The van der Waals surface area contributed by atoms with Crippen molar-refractivity contribution in [2.45, 2.75) is 60.6 Å². The van der Waals surface area contributed by atoms with E-state index in [4.69, 9.17) is 5.73 Å². The van der Waals surface area contributed by atoms with Crippen molar-refractivity contribution in [2.24, 2.45) is 5.73 Å². The minimum absolute atomic E-state index is 0.266. The fraction of sp³-hybridized carbons (Fsp3) is 1.00. The van der Waals surface area contributed by atoms with Gasteiger partial charge < -0.3 is 5.73 Å². The maximum absolute atomic E-state index is 6.75. The van der Waals surface area contributed by atoms with Gasteiger partial charge in [-0.15, -0.1) is 0 Å². The third-order valence-corrected chi connectivity index (χ3v) is 10.7. The smallest absolute Gasteiger partial charge is 0.306 e. The maximum Gasteiger partial charge on any atom is 0.306 e. The highest BCUT2D eigenvalue weighted by molar-refractivity contribution is 6.73. The number of hydrogen-bond acceptors (Lipinski definition) is 4. The number of nitrogens with two attached hydrogens (primary N) is 1. The van der Waals surface area contributed by atoms with Crippen LogP contribution in [0.5, 0.6) is 0 Å². The molecule has 0 bridgehead atoms. The van der Waals surface area contributed by atoms with Crippen molar-refractivity contribution in [1.82, 2.24) is 13.7 Å². The van der Waals surface area contributed by atoms with Crippen molar-refractivity contribution in [2.75, 3.05) is 39.3 Å². The van der Waals surface area contributed by atoms with E-state index in [1.807, 2.05) is 0 Å². The number of hydrogen-bond donors (Lipinski definition) is 1. The van der Waals surface area contributed by atoms with Gasteiger partial charge in [0.25, 0.3) is 0 Å². The van der Waals surface area contributed by atoms with Gasteiger partial charge in [-0.25, -0.2) is 0 Å². The predicted octanol–water partition coefficient (Wildman–Crippen LogP) is 2.23. The lowest BCUT2D eigenvalue weighted by Crippen LogP contribution is -2.82. The lowest BCUT2D eigenvalue weighted by molar-refractivity contribution is 0.248. The van der Waals surface area contributed by atoms with Crippen LogP contribution in [0.2, 0.25) is 0 Å². The van der Waals surface area contributed by atoms with Crippen LogP contribution in [0.1, 0.15) is 54.9 Å². The molecule has 0 fully saturated rings. The largest absolute Gasteiger partial charge is 0.327 e. The van der Waals surface area contributed by atoms with Gasteiger partial charge in [-0.3, -0.25) is 13.7 Å². The highest BCUT2D eigenvalue weighted by atomic mass is 28.4. The molecule has 0 rings (SSSR count). The van der Waals surface area contributed by atoms with Gasteiger partial charge in [-0.1, -0.05) is 48.5 Å². The highest BCUT2D eigenvalue weighted by Crippen LogP contribution is 2.25. The highest BCUT2D eigenvalue weighted by Gasteiger charge is 2.52. The van der Waals surface area contributed by atoms with E-state index in [2.05, 4.69) is 62.2 Å². The topological polar surface area (TPSA) is 35.7 Å². The van der Waals surface area contributed by atoms with Gasteiger partial charge in [0, 0.05) is 5.67 Å². The van der Waals surface area contributed by atoms with Crippen LogP contribution in [-0.4, -0.2) is 67.2 Å². The molecular formula is C15H38N4Si. The second-order valence-corrected chi connectivity index (χ2v) is 9.23. The van der Waals surface area contributed by atoms with E-state index in [1.54, 1.807) is 0 Å². The van der Waals surface area contributed by atoms with Crippen molar-refractivity contribution in [1.29, 1.82) is 0 Å². The third-order valence-electron chi connectivity index (χ3n) is 4.62. The minimum Gasteiger partial charge on any atom is -0.327 e. The average Bonchev–Trinajstić information content (AvgIpc) is 2.48. The summed E-state index contributed by atoms with van der Waals surface area (Å²) in [6, 6.07) is 0. The van der Waals surface area contributed by atoms with E-state index < -0.39 is 8.56 Å². The minimum atomic E-state index is -2.01. The summed E-state index contributed by atoms with van der Waals surface area (Å²) in [4.78, 5) is 0. The standard InChI is InChI=1S/C15H38N4Si/c1-8-15(16)20(17(9-2)10-3,18(11-4)12-5)19(13-6)14-7/h15H,8-14,16H2,1-7H3. The van der Waals surface area contributed by atoms with Crippen molar-refractivity contribution in [3.63, 3.8) is 0 Å². The molecule has 20 heavy (non-hydrogen) atoms. The van der Waals surface area contributed by atoms with Crippen LogP contribution in [0.3, 0.4) is 0 Å². The van der Waals surface area contributed by atoms with Crippen LogP contribution in [0, 0.1) is 0 Å². The van der Waals surface area contributed by atoms with Crippen molar-refractivity contribution < 1.29 is 0 Å². The Morgan fingerprint density at radius 1 is 0.650 bits per heavy atom. The number of nitrogens with zero attached hydrogens (tertiary/aromatic N) is 3. The maximum atomic E-state index is 6.75. The zero-order chi connectivity index (χ0) is 15.8. The zero-order valence-corrected chi connectivity index (χ0v) is 15.9. The van der Waals surface area contributed by atoms with Crippen molar-refractivity contribution in [3.8, 4) is 0 Å². The molecule has 1 atom stereocenters. The summed E-state index contributed by atoms with van der Waals surface area (Å²) in [5.74, 6) is 0. The molecule has 0 aromatic carbocycles. The van der Waals surface area contributed by atoms with Crippen LogP contribution < -0.4 is 5.73 Å². The summed E-state index contributed by atoms with van der Waals surface area (Å²) >= 11 is 0. The van der Waals surface area contributed by atoms with Gasteiger partial charge in [0.2, 0.25) is 0 Å². The number of rotatable bonds is 11. The monoisotopic (exact) mass is 302 g/mol.